The Balaban J connectivity index is 2.38. The first-order chi connectivity index (χ1) is 11.1. The molecule has 0 amide bonds. The maximum absolute atomic E-state index is 11.8. The average molecular weight is 313 g/mol. The van der Waals surface area contributed by atoms with Crippen molar-refractivity contribution in [3.63, 3.8) is 0 Å². The molecule has 2 aromatic carbocycles. The molecule has 5 heteroatoms. The third-order valence-corrected chi connectivity index (χ3v) is 4.34. The molecule has 1 aliphatic rings. The van der Waals surface area contributed by atoms with Crippen LogP contribution < -0.4 is 10.5 Å². The quantitative estimate of drug-likeness (QED) is 0.906. The van der Waals surface area contributed by atoms with Crippen LogP contribution in [0.4, 0.5) is 0 Å². The van der Waals surface area contributed by atoms with Crippen molar-refractivity contribution >= 4 is 5.97 Å². The molecule has 23 heavy (non-hydrogen) atoms. The van der Waals surface area contributed by atoms with Crippen molar-refractivity contribution in [2.75, 3.05) is 13.7 Å². The van der Waals surface area contributed by atoms with Gasteiger partial charge in [-0.05, 0) is 36.2 Å². The number of carboxylic acids is 1. The Kier molecular flexibility index (Phi) is 4.07. The van der Waals surface area contributed by atoms with Gasteiger partial charge < -0.3 is 20.3 Å². The molecule has 3 rings (SSSR count). The van der Waals surface area contributed by atoms with E-state index < -0.39 is 11.6 Å². The van der Waals surface area contributed by atoms with Gasteiger partial charge in [-0.2, -0.15) is 0 Å². The number of methoxy groups -OCH3 is 1. The summed E-state index contributed by atoms with van der Waals surface area (Å²) in [5, 5.41) is 9.63. The van der Waals surface area contributed by atoms with Gasteiger partial charge in [-0.15, -0.1) is 0 Å². The van der Waals surface area contributed by atoms with E-state index in [2.05, 4.69) is 0 Å². The summed E-state index contributed by atoms with van der Waals surface area (Å²) < 4.78 is 11.8. The molecular weight excluding hydrogens is 294 g/mol. The maximum atomic E-state index is 11.8. The fourth-order valence-corrected chi connectivity index (χ4v) is 3.35. The maximum Gasteiger partial charge on any atom is 0.336 e. The van der Waals surface area contributed by atoms with E-state index in [0.29, 0.717) is 30.9 Å². The van der Waals surface area contributed by atoms with Crippen molar-refractivity contribution in [3.05, 3.63) is 64.7 Å². The number of hydrogen-bond acceptors (Lipinski definition) is 4. The Hall–Kier alpha value is -2.37. The topological polar surface area (TPSA) is 81.8 Å². The van der Waals surface area contributed by atoms with E-state index in [-0.39, 0.29) is 5.56 Å². The van der Waals surface area contributed by atoms with Gasteiger partial charge in [-0.25, -0.2) is 4.79 Å². The molecule has 0 aromatic heterocycles. The Morgan fingerprint density at radius 2 is 2.09 bits per heavy atom. The van der Waals surface area contributed by atoms with Crippen molar-refractivity contribution < 1.29 is 19.4 Å². The van der Waals surface area contributed by atoms with Crippen molar-refractivity contribution in [1.29, 1.82) is 0 Å². The third kappa shape index (κ3) is 2.38. The predicted octanol–water partition coefficient (Wildman–Crippen LogP) is 2.52. The molecule has 1 heterocycles. The summed E-state index contributed by atoms with van der Waals surface area (Å²) in [5.41, 5.74) is 7.48. The summed E-state index contributed by atoms with van der Waals surface area (Å²) in [6, 6.07) is 12.8. The summed E-state index contributed by atoms with van der Waals surface area (Å²) >= 11 is 0. The molecule has 1 unspecified atom stereocenters. The van der Waals surface area contributed by atoms with E-state index in [9.17, 15) is 9.90 Å². The highest BCUT2D eigenvalue weighted by Crippen LogP contribution is 2.46. The van der Waals surface area contributed by atoms with E-state index in [1.807, 2.05) is 24.3 Å². The second-order valence-corrected chi connectivity index (χ2v) is 5.50. The van der Waals surface area contributed by atoms with Crippen LogP contribution in [-0.2, 0) is 16.9 Å². The SMILES string of the molecule is COC1(CCN)c2ccccc2COc2cccc(C(=O)O)c21. The normalized spacial score (nSPS) is 19.2. The smallest absolute Gasteiger partial charge is 0.336 e. The zero-order valence-corrected chi connectivity index (χ0v) is 12.9. The van der Waals surface area contributed by atoms with Gasteiger partial charge in [-0.3, -0.25) is 0 Å². The number of nitrogens with two attached hydrogens (primary N) is 1. The Morgan fingerprint density at radius 3 is 2.78 bits per heavy atom. The number of rotatable bonds is 4. The summed E-state index contributed by atoms with van der Waals surface area (Å²) in [5.74, 6) is -0.486. The van der Waals surface area contributed by atoms with E-state index >= 15 is 0 Å². The zero-order valence-electron chi connectivity index (χ0n) is 12.9. The van der Waals surface area contributed by atoms with Crippen LogP contribution in [0.2, 0.25) is 0 Å². The molecule has 2 aromatic rings. The van der Waals surface area contributed by atoms with Gasteiger partial charge in [0.25, 0.3) is 0 Å². The van der Waals surface area contributed by atoms with Crippen LogP contribution in [0.3, 0.4) is 0 Å². The Morgan fingerprint density at radius 1 is 1.30 bits per heavy atom. The predicted molar refractivity (Wildman–Crippen MR) is 85.6 cm³/mol. The van der Waals surface area contributed by atoms with Gasteiger partial charge in [0.05, 0.1) is 5.56 Å². The van der Waals surface area contributed by atoms with Gasteiger partial charge in [-0.1, -0.05) is 30.3 Å². The first-order valence-electron chi connectivity index (χ1n) is 7.47. The molecule has 0 saturated carbocycles. The number of carboxylic acid groups (broad SMARTS) is 1. The fourth-order valence-electron chi connectivity index (χ4n) is 3.35. The van der Waals surface area contributed by atoms with Crippen LogP contribution in [0.15, 0.2) is 42.5 Å². The summed E-state index contributed by atoms with van der Waals surface area (Å²) in [4.78, 5) is 11.8. The molecule has 0 spiro atoms. The highest BCUT2D eigenvalue weighted by atomic mass is 16.5. The lowest BCUT2D eigenvalue weighted by atomic mass is 9.79. The molecule has 5 nitrogen and oxygen atoms in total. The van der Waals surface area contributed by atoms with Crippen LogP contribution >= 0.6 is 0 Å². The largest absolute Gasteiger partial charge is 0.488 e. The molecule has 1 atom stereocenters. The Bertz CT molecular complexity index is 744. The highest BCUT2D eigenvalue weighted by Gasteiger charge is 2.42. The number of ether oxygens (including phenoxy) is 2. The number of fused-ring (bicyclic) bond motifs is 2. The first-order valence-corrected chi connectivity index (χ1v) is 7.47. The second kappa shape index (κ2) is 6.02. The number of hydrogen-bond donors (Lipinski definition) is 2. The summed E-state index contributed by atoms with van der Waals surface area (Å²) in [6.07, 6.45) is 0.459. The van der Waals surface area contributed by atoms with Crippen molar-refractivity contribution in [2.24, 2.45) is 5.73 Å². The molecule has 1 aliphatic heterocycles. The van der Waals surface area contributed by atoms with Crippen LogP contribution in [0.1, 0.15) is 33.5 Å². The van der Waals surface area contributed by atoms with E-state index in [4.69, 9.17) is 15.2 Å². The zero-order chi connectivity index (χ0) is 16.4. The van der Waals surface area contributed by atoms with Gasteiger partial charge in [0.15, 0.2) is 0 Å². The standard InChI is InChI=1S/C18H19NO4/c1-22-18(9-10-19)14-7-3-2-5-12(14)11-23-15-8-4-6-13(16(15)18)17(20)21/h2-8H,9-11,19H2,1H3,(H,20,21). The number of aromatic carboxylic acids is 1. The second-order valence-electron chi connectivity index (χ2n) is 5.50. The van der Waals surface area contributed by atoms with Gasteiger partial charge in [0.1, 0.15) is 18.0 Å². The minimum Gasteiger partial charge on any atom is -0.488 e. The van der Waals surface area contributed by atoms with Crippen molar-refractivity contribution in [3.8, 4) is 5.75 Å². The monoisotopic (exact) mass is 313 g/mol. The van der Waals surface area contributed by atoms with Gasteiger partial charge in [0.2, 0.25) is 0 Å². The van der Waals surface area contributed by atoms with E-state index in [1.165, 1.54) is 0 Å². The molecule has 0 saturated heterocycles. The van der Waals surface area contributed by atoms with Crippen molar-refractivity contribution in [2.45, 2.75) is 18.6 Å². The molecule has 0 fully saturated rings. The Labute approximate surface area is 134 Å². The average Bonchev–Trinajstić information content (AvgIpc) is 2.71. The van der Waals surface area contributed by atoms with E-state index in [1.54, 1.807) is 25.3 Å². The molecule has 3 N–H and O–H groups in total. The van der Waals surface area contributed by atoms with Crippen LogP contribution in [0.5, 0.6) is 5.75 Å². The lowest BCUT2D eigenvalue weighted by Gasteiger charge is -2.34. The van der Waals surface area contributed by atoms with Gasteiger partial charge >= 0.3 is 5.97 Å². The molecule has 120 valence electrons. The first kappa shape index (κ1) is 15.5. The fraction of sp³-hybridized carbons (Fsp3) is 0.278. The highest BCUT2D eigenvalue weighted by molar-refractivity contribution is 5.91. The van der Waals surface area contributed by atoms with E-state index in [0.717, 1.165) is 11.1 Å². The van der Waals surface area contributed by atoms with Gasteiger partial charge in [0, 0.05) is 12.7 Å². The summed E-state index contributed by atoms with van der Waals surface area (Å²) in [6.45, 7) is 0.720. The lowest BCUT2D eigenvalue weighted by Crippen LogP contribution is -2.35. The minimum atomic E-state index is -1.01. The molecule has 0 aliphatic carbocycles. The number of benzene rings is 2. The molecule has 0 bridgehead atoms. The number of carbonyl (C=O) groups is 1. The summed E-state index contributed by atoms with van der Waals surface area (Å²) in [7, 11) is 1.58. The lowest BCUT2D eigenvalue weighted by molar-refractivity contribution is 0.0146. The van der Waals surface area contributed by atoms with Crippen LogP contribution in [-0.4, -0.2) is 24.7 Å². The third-order valence-electron chi connectivity index (χ3n) is 4.34. The molecule has 0 radical (unpaired) electrons. The van der Waals surface area contributed by atoms with Crippen LogP contribution in [0.25, 0.3) is 0 Å². The minimum absolute atomic E-state index is 0.175. The molecular formula is C18H19NO4. The van der Waals surface area contributed by atoms with Crippen LogP contribution in [0, 0.1) is 0 Å². The van der Waals surface area contributed by atoms with Crippen molar-refractivity contribution in [1.82, 2.24) is 0 Å².